The summed E-state index contributed by atoms with van der Waals surface area (Å²) in [6, 6.07) is 12.7. The minimum atomic E-state index is -0.349. The maximum absolute atomic E-state index is 13.0. The lowest BCUT2D eigenvalue weighted by molar-refractivity contribution is -0.117. The number of rotatable bonds is 5. The molecule has 3 aromatic rings. The van der Waals surface area contributed by atoms with E-state index in [0.717, 1.165) is 12.1 Å². The van der Waals surface area contributed by atoms with Gasteiger partial charge in [0.2, 0.25) is 11.7 Å². The van der Waals surface area contributed by atoms with Crippen molar-refractivity contribution in [1.82, 2.24) is 20.2 Å². The van der Waals surface area contributed by atoms with Crippen LogP contribution in [0.15, 0.2) is 48.5 Å². The maximum atomic E-state index is 13.0. The number of hydrogen-bond donors (Lipinski definition) is 0. The van der Waals surface area contributed by atoms with Gasteiger partial charge in [-0.05, 0) is 48.0 Å². The van der Waals surface area contributed by atoms with Gasteiger partial charge < -0.3 is 4.90 Å². The van der Waals surface area contributed by atoms with E-state index >= 15 is 0 Å². The normalized spacial score (nSPS) is 14.0. The number of Topliss-reactive ketones (excluding diaryl/α,β-unsaturated/α-hetero) is 1. The number of carbonyl (C=O) groups is 2. The Hall–Kier alpha value is -3.42. The molecule has 8 heteroatoms. The molecule has 1 fully saturated rings. The average molecular weight is 365 g/mol. The van der Waals surface area contributed by atoms with Crippen LogP contribution in [0.5, 0.6) is 0 Å². The molecule has 4 rings (SSSR count). The Labute approximate surface area is 154 Å². The quantitative estimate of drug-likeness (QED) is 0.649. The van der Waals surface area contributed by atoms with Crippen molar-refractivity contribution in [2.45, 2.75) is 19.4 Å². The van der Waals surface area contributed by atoms with Crippen LogP contribution in [-0.2, 0) is 11.3 Å². The van der Waals surface area contributed by atoms with Gasteiger partial charge in [0, 0.05) is 29.8 Å². The molecule has 2 heterocycles. The van der Waals surface area contributed by atoms with E-state index in [2.05, 4.69) is 15.4 Å². The van der Waals surface area contributed by atoms with Crippen molar-refractivity contribution in [1.29, 1.82) is 0 Å². The van der Waals surface area contributed by atoms with Crippen molar-refractivity contribution < 1.29 is 14.0 Å². The van der Waals surface area contributed by atoms with Crippen molar-refractivity contribution in [2.75, 3.05) is 11.4 Å². The first-order chi connectivity index (χ1) is 13.1. The fourth-order valence-electron chi connectivity index (χ4n) is 3.01. The summed E-state index contributed by atoms with van der Waals surface area (Å²) in [5.74, 6) is -0.148. The Balaban J connectivity index is 1.50. The van der Waals surface area contributed by atoms with Gasteiger partial charge in [0.25, 0.3) is 0 Å². The summed E-state index contributed by atoms with van der Waals surface area (Å²) >= 11 is 0. The fraction of sp³-hybridized carbons (Fsp3) is 0.211. The van der Waals surface area contributed by atoms with E-state index in [1.807, 2.05) is 6.07 Å². The molecule has 1 aromatic heterocycles. The Kier molecular flexibility index (Phi) is 4.45. The molecule has 0 unspecified atom stereocenters. The summed E-state index contributed by atoms with van der Waals surface area (Å²) < 4.78 is 13.0. The third kappa shape index (κ3) is 3.59. The summed E-state index contributed by atoms with van der Waals surface area (Å²) in [7, 11) is 0. The number of halogens is 1. The molecule has 1 aliphatic heterocycles. The predicted molar refractivity (Wildman–Crippen MR) is 95.6 cm³/mol. The third-order valence-electron chi connectivity index (χ3n) is 4.39. The van der Waals surface area contributed by atoms with Gasteiger partial charge in [-0.2, -0.15) is 4.80 Å². The second-order valence-electron chi connectivity index (χ2n) is 6.27. The molecule has 27 heavy (non-hydrogen) atoms. The highest BCUT2D eigenvalue weighted by atomic mass is 19.1. The Morgan fingerprint density at radius 1 is 1.15 bits per heavy atom. The Morgan fingerprint density at radius 2 is 1.96 bits per heavy atom. The lowest BCUT2D eigenvalue weighted by atomic mass is 10.1. The summed E-state index contributed by atoms with van der Waals surface area (Å²) in [5.41, 5.74) is 1.82. The first-order valence-electron chi connectivity index (χ1n) is 8.57. The molecular formula is C19H16FN5O2. The van der Waals surface area contributed by atoms with Crippen LogP contribution in [0.2, 0.25) is 0 Å². The van der Waals surface area contributed by atoms with Gasteiger partial charge in [-0.25, -0.2) is 4.39 Å². The van der Waals surface area contributed by atoms with Crippen molar-refractivity contribution in [3.8, 4) is 11.4 Å². The monoisotopic (exact) mass is 365 g/mol. The van der Waals surface area contributed by atoms with Crippen molar-refractivity contribution in [3.05, 3.63) is 59.9 Å². The Morgan fingerprint density at radius 3 is 2.70 bits per heavy atom. The second-order valence-corrected chi connectivity index (χ2v) is 6.27. The van der Waals surface area contributed by atoms with E-state index in [0.29, 0.717) is 29.9 Å². The molecule has 0 saturated carbocycles. The standard InChI is InChI=1S/C19H16FN5O2/c20-15-8-6-13(7-9-15)19-21-23-25(22-19)12-17(26)14-3-1-4-16(11-14)24-10-2-5-18(24)27/h1,3-4,6-9,11H,2,5,10,12H2. The van der Waals surface area contributed by atoms with Crippen molar-refractivity contribution >= 4 is 17.4 Å². The highest BCUT2D eigenvalue weighted by molar-refractivity contribution is 5.99. The SMILES string of the molecule is O=C(Cn1nnc(-c2ccc(F)cc2)n1)c1cccc(N2CCCC2=O)c1. The van der Waals surface area contributed by atoms with Crippen LogP contribution in [0.4, 0.5) is 10.1 Å². The molecule has 1 aliphatic rings. The predicted octanol–water partition coefficient (Wildman–Crippen LogP) is 2.49. The molecule has 1 saturated heterocycles. The van der Waals surface area contributed by atoms with Gasteiger partial charge in [-0.3, -0.25) is 9.59 Å². The highest BCUT2D eigenvalue weighted by Crippen LogP contribution is 2.22. The van der Waals surface area contributed by atoms with Crippen LogP contribution in [0.3, 0.4) is 0 Å². The van der Waals surface area contributed by atoms with Gasteiger partial charge >= 0.3 is 0 Å². The largest absolute Gasteiger partial charge is 0.312 e. The molecule has 0 radical (unpaired) electrons. The van der Waals surface area contributed by atoms with E-state index in [-0.39, 0.29) is 24.1 Å². The summed E-state index contributed by atoms with van der Waals surface area (Å²) in [6.07, 6.45) is 1.36. The lowest BCUT2D eigenvalue weighted by Gasteiger charge is -2.16. The van der Waals surface area contributed by atoms with E-state index in [1.165, 1.54) is 16.9 Å². The summed E-state index contributed by atoms with van der Waals surface area (Å²) in [5, 5.41) is 12.0. The van der Waals surface area contributed by atoms with Crippen LogP contribution in [0.1, 0.15) is 23.2 Å². The van der Waals surface area contributed by atoms with Crippen LogP contribution >= 0.6 is 0 Å². The van der Waals surface area contributed by atoms with E-state index in [4.69, 9.17) is 0 Å². The molecule has 1 amide bonds. The van der Waals surface area contributed by atoms with Crippen molar-refractivity contribution in [3.63, 3.8) is 0 Å². The number of hydrogen-bond acceptors (Lipinski definition) is 5. The fourth-order valence-corrected chi connectivity index (χ4v) is 3.01. The molecule has 0 aliphatic carbocycles. The summed E-state index contributed by atoms with van der Waals surface area (Å²) in [6.45, 7) is 0.591. The highest BCUT2D eigenvalue weighted by Gasteiger charge is 2.22. The summed E-state index contributed by atoms with van der Waals surface area (Å²) in [4.78, 5) is 27.4. The molecule has 0 atom stereocenters. The molecular weight excluding hydrogens is 349 g/mol. The molecule has 7 nitrogen and oxygen atoms in total. The van der Waals surface area contributed by atoms with Gasteiger partial charge in [0.05, 0.1) is 0 Å². The van der Waals surface area contributed by atoms with E-state index in [9.17, 15) is 14.0 Å². The number of aromatic nitrogens is 4. The number of tetrazole rings is 1. The number of benzene rings is 2. The van der Waals surface area contributed by atoms with Gasteiger partial charge in [0.15, 0.2) is 5.78 Å². The number of nitrogens with zero attached hydrogens (tertiary/aromatic N) is 5. The molecule has 0 spiro atoms. The van der Waals surface area contributed by atoms with Crippen LogP contribution in [0, 0.1) is 5.82 Å². The topological polar surface area (TPSA) is 81.0 Å². The number of anilines is 1. The zero-order valence-electron chi connectivity index (χ0n) is 14.4. The van der Waals surface area contributed by atoms with Crippen LogP contribution in [-0.4, -0.2) is 38.4 Å². The molecule has 2 aromatic carbocycles. The smallest absolute Gasteiger partial charge is 0.227 e. The zero-order chi connectivity index (χ0) is 18.8. The van der Waals surface area contributed by atoms with Gasteiger partial charge in [-0.15, -0.1) is 10.2 Å². The molecule has 136 valence electrons. The zero-order valence-corrected chi connectivity index (χ0v) is 14.4. The minimum absolute atomic E-state index is 0.0708. The van der Waals surface area contributed by atoms with Gasteiger partial charge in [0.1, 0.15) is 12.4 Å². The minimum Gasteiger partial charge on any atom is -0.312 e. The van der Waals surface area contributed by atoms with E-state index < -0.39 is 0 Å². The first kappa shape index (κ1) is 17.0. The third-order valence-corrected chi connectivity index (χ3v) is 4.39. The molecule has 0 bridgehead atoms. The van der Waals surface area contributed by atoms with E-state index in [1.54, 1.807) is 35.2 Å². The van der Waals surface area contributed by atoms with Crippen LogP contribution in [0.25, 0.3) is 11.4 Å². The van der Waals surface area contributed by atoms with Crippen LogP contribution < -0.4 is 4.90 Å². The maximum Gasteiger partial charge on any atom is 0.227 e. The van der Waals surface area contributed by atoms with Gasteiger partial charge in [-0.1, -0.05) is 12.1 Å². The molecule has 0 N–H and O–H groups in total. The average Bonchev–Trinajstić information content (AvgIpc) is 3.31. The number of carbonyl (C=O) groups excluding carboxylic acids is 2. The van der Waals surface area contributed by atoms with Crippen molar-refractivity contribution in [2.24, 2.45) is 0 Å². The number of amides is 1. The Bertz CT molecular complexity index is 999. The number of ketones is 1. The lowest BCUT2D eigenvalue weighted by Crippen LogP contribution is -2.24. The second kappa shape index (κ2) is 7.06. The first-order valence-corrected chi connectivity index (χ1v) is 8.57.